The van der Waals surface area contributed by atoms with E-state index in [1.54, 1.807) is 71.8 Å². The molecule has 0 aliphatic heterocycles. The zero-order chi connectivity index (χ0) is 21.0. The van der Waals surface area contributed by atoms with E-state index >= 15 is 0 Å². The van der Waals surface area contributed by atoms with Crippen molar-refractivity contribution in [1.82, 2.24) is 19.7 Å². The summed E-state index contributed by atoms with van der Waals surface area (Å²) < 4.78 is 34.9. The predicted molar refractivity (Wildman–Crippen MR) is 108 cm³/mol. The van der Waals surface area contributed by atoms with E-state index in [1.807, 2.05) is 6.07 Å². The second-order valence-electron chi connectivity index (χ2n) is 6.04. The molecule has 4 aromatic rings. The number of rotatable bonds is 6. The molecule has 0 amide bonds. The highest BCUT2D eigenvalue weighted by molar-refractivity contribution is 7.92. The van der Waals surface area contributed by atoms with E-state index < -0.39 is 10.0 Å². The molecular weight excluding hydrogens is 404 g/mol. The minimum Gasteiger partial charge on any atom is -0.438 e. The van der Waals surface area contributed by atoms with Gasteiger partial charge >= 0.3 is 0 Å². The first kappa shape index (κ1) is 19.1. The number of nitrogens with zero attached hydrogens (tertiary/aromatic N) is 5. The molecule has 0 bridgehead atoms. The van der Waals surface area contributed by atoms with Crippen LogP contribution in [-0.4, -0.2) is 28.2 Å². The highest BCUT2D eigenvalue weighted by Gasteiger charge is 2.18. The molecule has 1 N–H and O–H groups in total. The van der Waals surface area contributed by atoms with E-state index in [1.165, 1.54) is 12.1 Å². The summed E-state index contributed by atoms with van der Waals surface area (Å²) in [4.78, 5) is 3.87. The molecule has 2 aromatic heterocycles. The van der Waals surface area contributed by atoms with Crippen molar-refractivity contribution in [3.63, 3.8) is 0 Å². The molecule has 0 spiro atoms. The standard InChI is InChI=1S/C20H14N6O3S/c21-13-15-3-1-2-4-18(15)30(27,28)25-16-5-7-17(8-6-16)29-20-10-9-19(23-24-20)26-12-11-22-14-26/h1-12,14,25H. The van der Waals surface area contributed by atoms with Crippen molar-refractivity contribution < 1.29 is 13.2 Å². The maximum atomic E-state index is 12.6. The molecule has 0 aliphatic rings. The van der Waals surface area contributed by atoms with Crippen LogP contribution >= 0.6 is 0 Å². The molecule has 0 saturated heterocycles. The summed E-state index contributed by atoms with van der Waals surface area (Å²) in [5.74, 6) is 1.34. The Morgan fingerprint density at radius 3 is 2.47 bits per heavy atom. The van der Waals surface area contributed by atoms with Crippen LogP contribution in [-0.2, 0) is 10.0 Å². The molecule has 0 unspecified atom stereocenters. The fraction of sp³-hybridized carbons (Fsp3) is 0. The first-order chi connectivity index (χ1) is 14.5. The fourth-order valence-electron chi connectivity index (χ4n) is 2.62. The van der Waals surface area contributed by atoms with Crippen LogP contribution in [0.4, 0.5) is 5.69 Å². The van der Waals surface area contributed by atoms with Crippen LogP contribution in [0.5, 0.6) is 11.6 Å². The van der Waals surface area contributed by atoms with Crippen molar-refractivity contribution >= 4 is 15.7 Å². The lowest BCUT2D eigenvalue weighted by atomic mass is 10.2. The van der Waals surface area contributed by atoms with Gasteiger partial charge in [0.1, 0.15) is 23.0 Å². The van der Waals surface area contributed by atoms with Gasteiger partial charge < -0.3 is 4.74 Å². The van der Waals surface area contributed by atoms with Crippen LogP contribution in [0, 0.1) is 11.3 Å². The van der Waals surface area contributed by atoms with E-state index in [4.69, 9.17) is 10.00 Å². The number of sulfonamides is 1. The average Bonchev–Trinajstić information content (AvgIpc) is 3.30. The predicted octanol–water partition coefficient (Wildman–Crippen LogP) is 3.13. The minimum atomic E-state index is -3.90. The Morgan fingerprint density at radius 1 is 1.00 bits per heavy atom. The molecule has 0 aliphatic carbocycles. The molecule has 30 heavy (non-hydrogen) atoms. The minimum absolute atomic E-state index is 0.0719. The first-order valence-corrected chi connectivity index (χ1v) is 10.2. The largest absolute Gasteiger partial charge is 0.438 e. The summed E-state index contributed by atoms with van der Waals surface area (Å²) >= 11 is 0. The van der Waals surface area contributed by atoms with Gasteiger partial charge in [-0.05, 0) is 42.5 Å². The van der Waals surface area contributed by atoms with Gasteiger partial charge in [0.15, 0.2) is 5.82 Å². The number of ether oxygens (including phenoxy) is 1. The quantitative estimate of drug-likeness (QED) is 0.510. The van der Waals surface area contributed by atoms with E-state index in [-0.39, 0.29) is 16.3 Å². The highest BCUT2D eigenvalue weighted by atomic mass is 32.2. The van der Waals surface area contributed by atoms with Crippen LogP contribution in [0.3, 0.4) is 0 Å². The number of hydrogen-bond donors (Lipinski definition) is 1. The Morgan fingerprint density at radius 2 is 1.80 bits per heavy atom. The van der Waals surface area contributed by atoms with Crippen molar-refractivity contribution in [2.75, 3.05) is 4.72 Å². The summed E-state index contributed by atoms with van der Waals surface area (Å²) in [6.07, 6.45) is 5.00. The summed E-state index contributed by atoms with van der Waals surface area (Å²) in [6.45, 7) is 0. The Kier molecular flexibility index (Phi) is 5.11. The van der Waals surface area contributed by atoms with Crippen LogP contribution in [0.25, 0.3) is 5.82 Å². The monoisotopic (exact) mass is 418 g/mol. The van der Waals surface area contributed by atoms with Gasteiger partial charge in [0.05, 0.1) is 5.56 Å². The smallest absolute Gasteiger partial charge is 0.263 e. The second-order valence-corrected chi connectivity index (χ2v) is 7.69. The van der Waals surface area contributed by atoms with E-state index in [0.29, 0.717) is 17.3 Å². The Bertz CT molecular complexity index is 1300. The summed E-state index contributed by atoms with van der Waals surface area (Å²) in [6, 6.07) is 17.6. The van der Waals surface area contributed by atoms with Crippen LogP contribution in [0.15, 0.2) is 84.3 Å². The molecule has 0 saturated carbocycles. The molecular formula is C20H14N6O3S. The Hall–Kier alpha value is -4.23. The van der Waals surface area contributed by atoms with Crippen LogP contribution in [0.1, 0.15) is 5.56 Å². The number of aromatic nitrogens is 4. The van der Waals surface area contributed by atoms with Gasteiger partial charge in [-0.1, -0.05) is 12.1 Å². The highest BCUT2D eigenvalue weighted by Crippen LogP contribution is 2.24. The average molecular weight is 418 g/mol. The summed E-state index contributed by atoms with van der Waals surface area (Å²) in [7, 11) is -3.90. The molecule has 2 heterocycles. The molecule has 0 atom stereocenters. The molecule has 0 radical (unpaired) electrons. The number of benzene rings is 2. The van der Waals surface area contributed by atoms with Crippen molar-refractivity contribution in [1.29, 1.82) is 5.26 Å². The Labute approximate surface area is 172 Å². The number of hydrogen-bond acceptors (Lipinski definition) is 7. The van der Waals surface area contributed by atoms with Crippen molar-refractivity contribution in [3.8, 4) is 23.5 Å². The Balaban J connectivity index is 1.46. The van der Waals surface area contributed by atoms with E-state index in [9.17, 15) is 8.42 Å². The van der Waals surface area contributed by atoms with Crippen molar-refractivity contribution in [3.05, 3.63) is 84.9 Å². The molecule has 9 nitrogen and oxygen atoms in total. The maximum absolute atomic E-state index is 12.6. The molecule has 10 heteroatoms. The normalized spacial score (nSPS) is 10.9. The SMILES string of the molecule is N#Cc1ccccc1S(=O)(=O)Nc1ccc(Oc2ccc(-n3ccnc3)nn2)cc1. The van der Waals surface area contributed by atoms with Gasteiger partial charge in [-0.15, -0.1) is 10.2 Å². The molecule has 2 aromatic carbocycles. The number of imidazole rings is 1. The third-order valence-electron chi connectivity index (χ3n) is 4.02. The van der Waals surface area contributed by atoms with E-state index in [2.05, 4.69) is 19.9 Å². The van der Waals surface area contributed by atoms with Gasteiger partial charge in [0.2, 0.25) is 5.88 Å². The van der Waals surface area contributed by atoms with Crippen LogP contribution in [0.2, 0.25) is 0 Å². The topological polar surface area (TPSA) is 123 Å². The third kappa shape index (κ3) is 4.11. The lowest BCUT2D eigenvalue weighted by Gasteiger charge is -2.10. The van der Waals surface area contributed by atoms with Gasteiger partial charge in [0, 0.05) is 24.1 Å². The molecule has 0 fully saturated rings. The van der Waals surface area contributed by atoms with Gasteiger partial charge in [-0.2, -0.15) is 5.26 Å². The van der Waals surface area contributed by atoms with Crippen molar-refractivity contribution in [2.24, 2.45) is 0 Å². The number of nitrogens with one attached hydrogen (secondary N) is 1. The van der Waals surface area contributed by atoms with Crippen LogP contribution < -0.4 is 9.46 Å². The number of nitriles is 1. The summed E-state index contributed by atoms with van der Waals surface area (Å²) in [5.41, 5.74) is 0.402. The molecule has 4 rings (SSSR count). The summed E-state index contributed by atoms with van der Waals surface area (Å²) in [5, 5.41) is 17.2. The fourth-order valence-corrected chi connectivity index (χ4v) is 3.83. The first-order valence-electron chi connectivity index (χ1n) is 8.67. The third-order valence-corrected chi connectivity index (χ3v) is 5.46. The lowest BCUT2D eigenvalue weighted by Crippen LogP contribution is -2.14. The zero-order valence-corrected chi connectivity index (χ0v) is 16.2. The lowest BCUT2D eigenvalue weighted by molar-refractivity contribution is 0.454. The van der Waals surface area contributed by atoms with Gasteiger partial charge in [-0.3, -0.25) is 9.29 Å². The second kappa shape index (κ2) is 8.02. The van der Waals surface area contributed by atoms with Gasteiger partial charge in [0.25, 0.3) is 10.0 Å². The van der Waals surface area contributed by atoms with Crippen molar-refractivity contribution in [2.45, 2.75) is 4.90 Å². The molecule has 148 valence electrons. The van der Waals surface area contributed by atoms with Gasteiger partial charge in [-0.25, -0.2) is 13.4 Å². The van der Waals surface area contributed by atoms with E-state index in [0.717, 1.165) is 0 Å². The number of anilines is 1. The maximum Gasteiger partial charge on any atom is 0.263 e. The zero-order valence-electron chi connectivity index (χ0n) is 15.4.